The van der Waals surface area contributed by atoms with E-state index in [9.17, 15) is 4.79 Å². The van der Waals surface area contributed by atoms with E-state index < -0.39 is 0 Å². The van der Waals surface area contributed by atoms with Gasteiger partial charge >= 0.3 is 0 Å². The van der Waals surface area contributed by atoms with Gasteiger partial charge in [0.25, 0.3) is 0 Å². The maximum atomic E-state index is 13.1. The molecule has 5 nitrogen and oxygen atoms in total. The van der Waals surface area contributed by atoms with Gasteiger partial charge in [-0.05, 0) is 36.1 Å². The van der Waals surface area contributed by atoms with Crippen LogP contribution in [0.5, 0.6) is 0 Å². The summed E-state index contributed by atoms with van der Waals surface area (Å²) >= 11 is 0. The molecule has 2 aromatic heterocycles. The van der Waals surface area contributed by atoms with Crippen molar-refractivity contribution in [2.24, 2.45) is 0 Å². The molecule has 6 heteroatoms. The molecule has 0 bridgehead atoms. The molecule has 0 spiro atoms. The van der Waals surface area contributed by atoms with Crippen LogP contribution in [-0.4, -0.2) is 26.6 Å². The topological polar surface area (TPSA) is 51.9 Å². The first-order valence-corrected chi connectivity index (χ1v) is 12.6. The summed E-state index contributed by atoms with van der Waals surface area (Å²) in [7, 11) is 0. The van der Waals surface area contributed by atoms with E-state index in [4.69, 9.17) is 0 Å². The summed E-state index contributed by atoms with van der Waals surface area (Å²) in [6.45, 7) is 4.39. The second-order valence-corrected chi connectivity index (χ2v) is 9.39. The van der Waals surface area contributed by atoms with Crippen molar-refractivity contribution in [1.82, 2.24) is 19.4 Å². The van der Waals surface area contributed by atoms with Crippen LogP contribution in [0.25, 0.3) is 10.9 Å². The molecule has 37 heavy (non-hydrogen) atoms. The predicted octanol–water partition coefficient (Wildman–Crippen LogP) is 6.34. The highest BCUT2D eigenvalue weighted by Crippen LogP contribution is 2.35. The van der Waals surface area contributed by atoms with Crippen molar-refractivity contribution in [3.63, 3.8) is 0 Å². The number of aryl methyl sites for hydroxylation is 2. The molecule has 1 N–H and O–H groups in total. The first-order valence-electron chi connectivity index (χ1n) is 12.6. The predicted molar refractivity (Wildman–Crippen MR) is 152 cm³/mol. The Morgan fingerprint density at radius 1 is 1.00 bits per heavy atom. The van der Waals surface area contributed by atoms with Crippen LogP contribution in [0, 0.1) is 6.92 Å². The fourth-order valence-electron chi connectivity index (χ4n) is 4.92. The molecule has 0 saturated heterocycles. The second-order valence-electron chi connectivity index (χ2n) is 9.39. The SMILES string of the molecule is Cc1cccc(C(CC(=O)NCCCn2ccnc2)c2cn(Cc3ccccc3)c3ccccc23)c1.Cl. The zero-order valence-corrected chi connectivity index (χ0v) is 21.9. The molecular formula is C31H33ClN4O. The van der Waals surface area contributed by atoms with Crippen LogP contribution in [0.15, 0.2) is 104 Å². The molecule has 0 fully saturated rings. The molecule has 0 aliphatic heterocycles. The Labute approximate surface area is 224 Å². The lowest BCUT2D eigenvalue weighted by Gasteiger charge is -2.18. The summed E-state index contributed by atoms with van der Waals surface area (Å²) in [6.07, 6.45) is 9.05. The van der Waals surface area contributed by atoms with Gasteiger partial charge in [-0.15, -0.1) is 12.4 Å². The number of imidazole rings is 1. The molecule has 5 rings (SSSR count). The van der Waals surface area contributed by atoms with Crippen LogP contribution >= 0.6 is 12.4 Å². The van der Waals surface area contributed by atoms with E-state index in [0.29, 0.717) is 13.0 Å². The summed E-state index contributed by atoms with van der Waals surface area (Å²) in [5.41, 5.74) is 6.01. The lowest BCUT2D eigenvalue weighted by Crippen LogP contribution is -2.27. The highest BCUT2D eigenvalue weighted by atomic mass is 35.5. The number of fused-ring (bicyclic) bond motifs is 1. The summed E-state index contributed by atoms with van der Waals surface area (Å²) in [5.74, 6) is 0.0486. The Balaban J connectivity index is 0.00000320. The van der Waals surface area contributed by atoms with Gasteiger partial charge in [0.05, 0.1) is 6.33 Å². The molecule has 1 atom stereocenters. The number of amides is 1. The molecule has 190 valence electrons. The van der Waals surface area contributed by atoms with Crippen LogP contribution in [0.4, 0.5) is 0 Å². The molecule has 2 heterocycles. The number of nitrogens with zero attached hydrogens (tertiary/aromatic N) is 3. The number of nitrogens with one attached hydrogen (secondary N) is 1. The zero-order valence-electron chi connectivity index (χ0n) is 21.1. The van der Waals surface area contributed by atoms with Crippen molar-refractivity contribution in [3.8, 4) is 0 Å². The molecule has 0 radical (unpaired) electrons. The number of carbonyl (C=O) groups is 1. The van der Waals surface area contributed by atoms with Gasteiger partial charge in [-0.2, -0.15) is 0 Å². The third kappa shape index (κ3) is 6.49. The van der Waals surface area contributed by atoms with Crippen molar-refractivity contribution in [2.45, 2.75) is 38.8 Å². The van der Waals surface area contributed by atoms with E-state index in [-0.39, 0.29) is 24.2 Å². The normalized spacial score (nSPS) is 11.7. The molecule has 3 aromatic carbocycles. The summed E-state index contributed by atoms with van der Waals surface area (Å²) in [5, 5.41) is 4.35. The van der Waals surface area contributed by atoms with Crippen molar-refractivity contribution >= 4 is 29.2 Å². The fourth-order valence-corrected chi connectivity index (χ4v) is 4.92. The van der Waals surface area contributed by atoms with Crippen molar-refractivity contribution in [3.05, 3.63) is 126 Å². The number of halogens is 1. The summed E-state index contributed by atoms with van der Waals surface area (Å²) < 4.78 is 4.34. The monoisotopic (exact) mass is 512 g/mol. The number of hydrogen-bond acceptors (Lipinski definition) is 2. The second kappa shape index (κ2) is 12.4. The van der Waals surface area contributed by atoms with Crippen LogP contribution in [0.2, 0.25) is 0 Å². The number of benzene rings is 3. The van der Waals surface area contributed by atoms with E-state index in [1.807, 2.05) is 16.8 Å². The number of para-hydroxylation sites is 1. The van der Waals surface area contributed by atoms with E-state index in [1.165, 1.54) is 33.2 Å². The van der Waals surface area contributed by atoms with E-state index in [0.717, 1.165) is 19.5 Å². The van der Waals surface area contributed by atoms with Gasteiger partial charge < -0.3 is 14.5 Å². The van der Waals surface area contributed by atoms with Crippen molar-refractivity contribution < 1.29 is 4.79 Å². The van der Waals surface area contributed by atoms with Gasteiger partial charge in [-0.25, -0.2) is 4.98 Å². The van der Waals surface area contributed by atoms with Crippen LogP contribution in [0.3, 0.4) is 0 Å². The van der Waals surface area contributed by atoms with E-state index in [1.54, 1.807) is 12.5 Å². The number of hydrogen-bond donors (Lipinski definition) is 1. The largest absolute Gasteiger partial charge is 0.356 e. The Bertz CT molecular complexity index is 1430. The van der Waals surface area contributed by atoms with Gasteiger partial charge in [0, 0.05) is 61.5 Å². The van der Waals surface area contributed by atoms with Gasteiger partial charge in [0.2, 0.25) is 5.91 Å². The molecule has 0 aliphatic rings. The first-order chi connectivity index (χ1) is 17.7. The summed E-state index contributed by atoms with van der Waals surface area (Å²) in [4.78, 5) is 17.2. The molecule has 1 amide bonds. The maximum absolute atomic E-state index is 13.1. The fraction of sp³-hybridized carbons (Fsp3) is 0.226. The quantitative estimate of drug-likeness (QED) is 0.222. The minimum atomic E-state index is -0.0273. The van der Waals surface area contributed by atoms with Gasteiger partial charge in [-0.3, -0.25) is 4.79 Å². The minimum absolute atomic E-state index is 0. The number of rotatable bonds is 10. The number of aromatic nitrogens is 3. The van der Waals surface area contributed by atoms with Gasteiger partial charge in [0.15, 0.2) is 0 Å². The third-order valence-electron chi connectivity index (χ3n) is 6.70. The van der Waals surface area contributed by atoms with E-state index in [2.05, 4.69) is 101 Å². The van der Waals surface area contributed by atoms with Crippen LogP contribution < -0.4 is 5.32 Å². The third-order valence-corrected chi connectivity index (χ3v) is 6.70. The molecular weight excluding hydrogens is 480 g/mol. The molecule has 0 saturated carbocycles. The van der Waals surface area contributed by atoms with Crippen LogP contribution in [0.1, 0.15) is 41.0 Å². The van der Waals surface area contributed by atoms with Gasteiger partial charge in [0.1, 0.15) is 0 Å². The lowest BCUT2D eigenvalue weighted by atomic mass is 9.87. The average Bonchev–Trinajstić information content (AvgIpc) is 3.54. The zero-order chi connectivity index (χ0) is 24.7. The first kappa shape index (κ1) is 26.2. The Kier molecular flexibility index (Phi) is 8.81. The highest BCUT2D eigenvalue weighted by molar-refractivity contribution is 5.87. The standard InChI is InChI=1S/C31H32N4O.ClH/c1-24-9-7-12-26(19-24)28(20-31(36)33-15-8-17-34-18-16-32-23-34)29-22-35(21-25-10-3-2-4-11-25)30-14-6-5-13-27(29)30;/h2-7,9-14,16,18-19,22-23,28H,8,15,17,20-21H2,1H3,(H,33,36);1H. The number of carbonyl (C=O) groups excluding carboxylic acids is 1. The van der Waals surface area contributed by atoms with Gasteiger partial charge in [-0.1, -0.05) is 78.4 Å². The average molecular weight is 513 g/mol. The minimum Gasteiger partial charge on any atom is -0.356 e. The summed E-state index contributed by atoms with van der Waals surface area (Å²) in [6, 6.07) is 27.6. The molecule has 0 aliphatic carbocycles. The van der Waals surface area contributed by atoms with E-state index >= 15 is 0 Å². The smallest absolute Gasteiger partial charge is 0.220 e. The maximum Gasteiger partial charge on any atom is 0.220 e. The van der Waals surface area contributed by atoms with Crippen molar-refractivity contribution in [1.29, 1.82) is 0 Å². The highest BCUT2D eigenvalue weighted by Gasteiger charge is 2.23. The Morgan fingerprint density at radius 3 is 2.59 bits per heavy atom. The Morgan fingerprint density at radius 2 is 1.81 bits per heavy atom. The lowest BCUT2D eigenvalue weighted by molar-refractivity contribution is -0.121. The van der Waals surface area contributed by atoms with Crippen molar-refractivity contribution in [2.75, 3.05) is 6.54 Å². The molecule has 5 aromatic rings. The molecule has 1 unspecified atom stereocenters. The Hall–Kier alpha value is -3.83. The van der Waals surface area contributed by atoms with Crippen LogP contribution in [-0.2, 0) is 17.9 Å².